The van der Waals surface area contributed by atoms with Crippen molar-refractivity contribution in [2.75, 3.05) is 13.6 Å². The Labute approximate surface area is 112 Å². The Balaban J connectivity index is 2.10. The fraction of sp³-hybridized carbons (Fsp3) is 0.357. The van der Waals surface area contributed by atoms with Crippen LogP contribution in [0.4, 0.5) is 4.39 Å². The number of aryl methyl sites for hydroxylation is 1. The first-order valence-electron chi connectivity index (χ1n) is 6.23. The second-order valence-corrected chi connectivity index (χ2v) is 4.74. The SMILES string of the molecule is CN(Cc1cnn(C)c1)C(CN)c1ccc(F)cc1. The van der Waals surface area contributed by atoms with Gasteiger partial charge in [0, 0.05) is 37.9 Å². The summed E-state index contributed by atoms with van der Waals surface area (Å²) in [4.78, 5) is 2.14. The summed E-state index contributed by atoms with van der Waals surface area (Å²) in [5.74, 6) is -0.227. The molecule has 1 unspecified atom stereocenters. The molecule has 0 aliphatic carbocycles. The van der Waals surface area contributed by atoms with Crippen LogP contribution in [0.1, 0.15) is 17.2 Å². The molecule has 0 bridgehead atoms. The molecule has 0 aliphatic heterocycles. The van der Waals surface area contributed by atoms with Crippen LogP contribution in [0.15, 0.2) is 36.7 Å². The van der Waals surface area contributed by atoms with Gasteiger partial charge in [-0.15, -0.1) is 0 Å². The second kappa shape index (κ2) is 5.95. The highest BCUT2D eigenvalue weighted by atomic mass is 19.1. The van der Waals surface area contributed by atoms with Crippen molar-refractivity contribution in [2.24, 2.45) is 12.8 Å². The molecule has 19 heavy (non-hydrogen) atoms. The molecule has 102 valence electrons. The maximum absolute atomic E-state index is 12.9. The summed E-state index contributed by atoms with van der Waals surface area (Å²) < 4.78 is 14.7. The third kappa shape index (κ3) is 3.39. The predicted molar refractivity (Wildman–Crippen MR) is 72.9 cm³/mol. The summed E-state index contributed by atoms with van der Waals surface area (Å²) in [7, 11) is 3.90. The van der Waals surface area contributed by atoms with Gasteiger partial charge >= 0.3 is 0 Å². The predicted octanol–water partition coefficient (Wildman–Crippen LogP) is 1.69. The Kier molecular flexibility index (Phi) is 4.29. The molecule has 1 aromatic carbocycles. The van der Waals surface area contributed by atoms with Gasteiger partial charge in [-0.1, -0.05) is 12.1 Å². The molecule has 2 aromatic rings. The fourth-order valence-corrected chi connectivity index (χ4v) is 2.21. The van der Waals surface area contributed by atoms with E-state index in [4.69, 9.17) is 5.73 Å². The number of halogens is 1. The summed E-state index contributed by atoms with van der Waals surface area (Å²) >= 11 is 0. The van der Waals surface area contributed by atoms with E-state index in [1.165, 1.54) is 12.1 Å². The lowest BCUT2D eigenvalue weighted by Gasteiger charge is -2.26. The third-order valence-corrected chi connectivity index (χ3v) is 3.20. The van der Waals surface area contributed by atoms with E-state index in [0.717, 1.165) is 17.7 Å². The first-order valence-corrected chi connectivity index (χ1v) is 6.23. The minimum absolute atomic E-state index is 0.0702. The molecule has 0 radical (unpaired) electrons. The smallest absolute Gasteiger partial charge is 0.123 e. The number of likely N-dealkylation sites (N-methyl/N-ethyl adjacent to an activating group) is 1. The molecule has 2 N–H and O–H groups in total. The lowest BCUT2D eigenvalue weighted by Crippen LogP contribution is -2.30. The molecule has 0 fully saturated rings. The van der Waals surface area contributed by atoms with Gasteiger partial charge in [0.1, 0.15) is 5.82 Å². The van der Waals surface area contributed by atoms with Crippen LogP contribution in [0.3, 0.4) is 0 Å². The van der Waals surface area contributed by atoms with Crippen molar-refractivity contribution in [3.63, 3.8) is 0 Å². The highest BCUT2D eigenvalue weighted by Gasteiger charge is 2.16. The normalized spacial score (nSPS) is 12.9. The van der Waals surface area contributed by atoms with E-state index in [1.807, 2.05) is 26.5 Å². The zero-order chi connectivity index (χ0) is 13.8. The van der Waals surface area contributed by atoms with E-state index in [2.05, 4.69) is 10.00 Å². The molecule has 0 saturated carbocycles. The minimum atomic E-state index is -0.227. The summed E-state index contributed by atoms with van der Waals surface area (Å²) in [5, 5.41) is 4.15. The Bertz CT molecular complexity index is 520. The summed E-state index contributed by atoms with van der Waals surface area (Å²) in [6.07, 6.45) is 3.82. The monoisotopic (exact) mass is 262 g/mol. The van der Waals surface area contributed by atoms with Crippen molar-refractivity contribution in [3.8, 4) is 0 Å². The quantitative estimate of drug-likeness (QED) is 0.892. The van der Waals surface area contributed by atoms with Crippen LogP contribution >= 0.6 is 0 Å². The van der Waals surface area contributed by atoms with E-state index in [9.17, 15) is 4.39 Å². The maximum Gasteiger partial charge on any atom is 0.123 e. The Morgan fingerprint density at radius 2 is 2.05 bits per heavy atom. The first-order chi connectivity index (χ1) is 9.10. The summed E-state index contributed by atoms with van der Waals surface area (Å²) in [5.41, 5.74) is 8.00. The molecule has 0 spiro atoms. The van der Waals surface area contributed by atoms with Crippen LogP contribution in [-0.4, -0.2) is 28.3 Å². The van der Waals surface area contributed by atoms with Gasteiger partial charge in [0.2, 0.25) is 0 Å². The van der Waals surface area contributed by atoms with Crippen molar-refractivity contribution in [1.82, 2.24) is 14.7 Å². The van der Waals surface area contributed by atoms with Crippen LogP contribution < -0.4 is 5.73 Å². The van der Waals surface area contributed by atoms with E-state index >= 15 is 0 Å². The average Bonchev–Trinajstić information content (AvgIpc) is 2.78. The van der Waals surface area contributed by atoms with Gasteiger partial charge in [0.05, 0.1) is 6.20 Å². The van der Waals surface area contributed by atoms with Gasteiger partial charge < -0.3 is 5.73 Å². The fourth-order valence-electron chi connectivity index (χ4n) is 2.21. The van der Waals surface area contributed by atoms with Crippen LogP contribution in [0.25, 0.3) is 0 Å². The van der Waals surface area contributed by atoms with Crippen LogP contribution in [0.2, 0.25) is 0 Å². The average molecular weight is 262 g/mol. The van der Waals surface area contributed by atoms with Gasteiger partial charge in [-0.3, -0.25) is 9.58 Å². The number of aromatic nitrogens is 2. The number of benzene rings is 1. The lowest BCUT2D eigenvalue weighted by molar-refractivity contribution is 0.241. The zero-order valence-electron chi connectivity index (χ0n) is 11.3. The molecule has 0 amide bonds. The molecule has 4 nitrogen and oxygen atoms in total. The number of nitrogens with two attached hydrogens (primary N) is 1. The van der Waals surface area contributed by atoms with E-state index in [-0.39, 0.29) is 11.9 Å². The number of rotatable bonds is 5. The van der Waals surface area contributed by atoms with Gasteiger partial charge in [0.25, 0.3) is 0 Å². The van der Waals surface area contributed by atoms with Crippen LogP contribution in [0.5, 0.6) is 0 Å². The molecule has 1 heterocycles. The molecule has 1 aromatic heterocycles. The zero-order valence-corrected chi connectivity index (χ0v) is 11.3. The minimum Gasteiger partial charge on any atom is -0.329 e. The van der Waals surface area contributed by atoms with Crippen LogP contribution in [0, 0.1) is 5.82 Å². The largest absolute Gasteiger partial charge is 0.329 e. The number of hydrogen-bond donors (Lipinski definition) is 1. The highest BCUT2D eigenvalue weighted by molar-refractivity contribution is 5.20. The van der Waals surface area contributed by atoms with Gasteiger partial charge in [0.15, 0.2) is 0 Å². The molecule has 0 saturated heterocycles. The van der Waals surface area contributed by atoms with Gasteiger partial charge in [-0.25, -0.2) is 4.39 Å². The number of nitrogens with zero attached hydrogens (tertiary/aromatic N) is 3. The van der Waals surface area contributed by atoms with Crippen molar-refractivity contribution in [2.45, 2.75) is 12.6 Å². The second-order valence-electron chi connectivity index (χ2n) is 4.74. The van der Waals surface area contributed by atoms with Crippen LogP contribution in [-0.2, 0) is 13.6 Å². The van der Waals surface area contributed by atoms with E-state index in [0.29, 0.717) is 6.54 Å². The van der Waals surface area contributed by atoms with Crippen molar-refractivity contribution in [1.29, 1.82) is 0 Å². The van der Waals surface area contributed by atoms with Crippen molar-refractivity contribution >= 4 is 0 Å². The Morgan fingerprint density at radius 1 is 1.37 bits per heavy atom. The lowest BCUT2D eigenvalue weighted by atomic mass is 10.1. The number of hydrogen-bond acceptors (Lipinski definition) is 3. The maximum atomic E-state index is 12.9. The van der Waals surface area contributed by atoms with Crippen molar-refractivity contribution in [3.05, 3.63) is 53.6 Å². The first kappa shape index (κ1) is 13.7. The standard InChI is InChI=1S/C14H19FN4/c1-18(9-11-8-17-19(2)10-11)14(7-16)12-3-5-13(15)6-4-12/h3-6,8,10,14H,7,9,16H2,1-2H3. The summed E-state index contributed by atoms with van der Waals surface area (Å²) in [6, 6.07) is 6.58. The molecule has 0 aliphatic rings. The van der Waals surface area contributed by atoms with Crippen molar-refractivity contribution < 1.29 is 4.39 Å². The molecular formula is C14H19FN4. The van der Waals surface area contributed by atoms with Gasteiger partial charge in [-0.05, 0) is 24.7 Å². The third-order valence-electron chi connectivity index (χ3n) is 3.20. The Hall–Kier alpha value is -1.72. The molecule has 1 atom stereocenters. The summed E-state index contributed by atoms with van der Waals surface area (Å²) in [6.45, 7) is 1.25. The topological polar surface area (TPSA) is 47.1 Å². The molecule has 2 rings (SSSR count). The molecule has 5 heteroatoms. The van der Waals surface area contributed by atoms with E-state index < -0.39 is 0 Å². The van der Waals surface area contributed by atoms with Gasteiger partial charge in [-0.2, -0.15) is 5.10 Å². The molecular weight excluding hydrogens is 243 g/mol. The van der Waals surface area contributed by atoms with E-state index in [1.54, 1.807) is 16.8 Å². The Morgan fingerprint density at radius 3 is 2.58 bits per heavy atom. The highest BCUT2D eigenvalue weighted by Crippen LogP contribution is 2.20.